The molecule has 6 heteroatoms. The van der Waals surface area contributed by atoms with Crippen molar-refractivity contribution in [2.45, 2.75) is 25.2 Å². The molecule has 0 radical (unpaired) electrons. The van der Waals surface area contributed by atoms with Crippen molar-refractivity contribution < 1.29 is 4.52 Å². The van der Waals surface area contributed by atoms with Crippen molar-refractivity contribution in [3.8, 4) is 11.6 Å². The van der Waals surface area contributed by atoms with E-state index in [2.05, 4.69) is 15.1 Å². The summed E-state index contributed by atoms with van der Waals surface area (Å²) in [6, 6.07) is 0. The predicted octanol–water partition coefficient (Wildman–Crippen LogP) is 2.04. The van der Waals surface area contributed by atoms with Gasteiger partial charge in [0.1, 0.15) is 5.69 Å². The van der Waals surface area contributed by atoms with Crippen LogP contribution in [0, 0.1) is 0 Å². The van der Waals surface area contributed by atoms with Crippen LogP contribution >= 0.6 is 11.3 Å². The Morgan fingerprint density at radius 2 is 2.27 bits per heavy atom. The third kappa shape index (κ3) is 1.50. The monoisotopic (exact) mass is 222 g/mol. The van der Waals surface area contributed by atoms with Crippen molar-refractivity contribution in [2.24, 2.45) is 0 Å². The van der Waals surface area contributed by atoms with Crippen LogP contribution in [0.25, 0.3) is 11.6 Å². The van der Waals surface area contributed by atoms with E-state index >= 15 is 0 Å². The van der Waals surface area contributed by atoms with Gasteiger partial charge in [0, 0.05) is 11.3 Å². The number of nitrogens with zero attached hydrogens (tertiary/aromatic N) is 3. The molecule has 0 unspecified atom stereocenters. The van der Waals surface area contributed by atoms with Crippen molar-refractivity contribution >= 4 is 16.5 Å². The van der Waals surface area contributed by atoms with Gasteiger partial charge in [-0.25, -0.2) is 4.98 Å². The largest absolute Gasteiger partial charge is 0.375 e. The van der Waals surface area contributed by atoms with E-state index < -0.39 is 0 Å². The first kappa shape index (κ1) is 8.84. The zero-order chi connectivity index (χ0) is 10.3. The lowest BCUT2D eigenvalue weighted by molar-refractivity contribution is 0.366. The van der Waals surface area contributed by atoms with Crippen molar-refractivity contribution in [1.82, 2.24) is 15.1 Å². The Balaban J connectivity index is 1.89. The van der Waals surface area contributed by atoms with Crippen LogP contribution in [0.4, 0.5) is 5.13 Å². The molecule has 0 saturated heterocycles. The number of thiazole rings is 1. The fraction of sp³-hybridized carbons (Fsp3) is 0.444. The maximum Gasteiger partial charge on any atom is 0.277 e. The van der Waals surface area contributed by atoms with Gasteiger partial charge in [0.15, 0.2) is 11.0 Å². The minimum absolute atomic E-state index is 0.477. The fourth-order valence-corrected chi connectivity index (χ4v) is 2.09. The van der Waals surface area contributed by atoms with E-state index in [1.54, 1.807) is 0 Å². The molecule has 2 aromatic rings. The lowest BCUT2D eigenvalue weighted by Gasteiger charge is -2.20. The van der Waals surface area contributed by atoms with Gasteiger partial charge in [0.05, 0.1) is 0 Å². The second kappa shape index (κ2) is 3.30. The Morgan fingerprint density at radius 3 is 2.87 bits per heavy atom. The first-order valence-corrected chi connectivity index (χ1v) is 5.76. The van der Waals surface area contributed by atoms with Crippen LogP contribution in [0.15, 0.2) is 9.90 Å². The zero-order valence-electron chi connectivity index (χ0n) is 8.01. The fourth-order valence-electron chi connectivity index (χ4n) is 1.56. The van der Waals surface area contributed by atoms with Crippen LogP contribution in [-0.2, 0) is 0 Å². The molecular weight excluding hydrogens is 212 g/mol. The average molecular weight is 222 g/mol. The summed E-state index contributed by atoms with van der Waals surface area (Å²) in [5.74, 6) is 1.77. The molecule has 3 rings (SSSR count). The molecule has 1 fully saturated rings. The number of hydrogen-bond acceptors (Lipinski definition) is 6. The van der Waals surface area contributed by atoms with E-state index in [-0.39, 0.29) is 0 Å². The second-order valence-corrected chi connectivity index (χ2v) is 4.55. The third-order valence-corrected chi connectivity index (χ3v) is 3.33. The first-order chi connectivity index (χ1) is 7.33. The van der Waals surface area contributed by atoms with Crippen LogP contribution in [0.5, 0.6) is 0 Å². The quantitative estimate of drug-likeness (QED) is 0.841. The highest BCUT2D eigenvalue weighted by molar-refractivity contribution is 7.13. The van der Waals surface area contributed by atoms with Gasteiger partial charge in [-0.2, -0.15) is 4.98 Å². The molecule has 0 aromatic carbocycles. The Bertz CT molecular complexity index is 474. The van der Waals surface area contributed by atoms with Crippen molar-refractivity contribution in [2.75, 3.05) is 5.73 Å². The number of aromatic nitrogens is 3. The van der Waals surface area contributed by atoms with Gasteiger partial charge in [-0.1, -0.05) is 11.6 Å². The SMILES string of the molecule is Nc1nc(-c2nc(C3CCC3)no2)cs1. The minimum atomic E-state index is 0.477. The summed E-state index contributed by atoms with van der Waals surface area (Å²) in [6.07, 6.45) is 3.59. The predicted molar refractivity (Wildman–Crippen MR) is 56.4 cm³/mol. The molecule has 2 aromatic heterocycles. The Hall–Kier alpha value is -1.43. The lowest BCUT2D eigenvalue weighted by atomic mass is 9.85. The highest BCUT2D eigenvalue weighted by Crippen LogP contribution is 2.35. The van der Waals surface area contributed by atoms with Gasteiger partial charge in [-0.05, 0) is 12.8 Å². The van der Waals surface area contributed by atoms with Gasteiger partial charge < -0.3 is 10.3 Å². The number of hydrogen-bond donors (Lipinski definition) is 1. The minimum Gasteiger partial charge on any atom is -0.375 e. The molecule has 15 heavy (non-hydrogen) atoms. The van der Waals surface area contributed by atoms with Crippen LogP contribution in [0.2, 0.25) is 0 Å². The van der Waals surface area contributed by atoms with E-state index in [4.69, 9.17) is 10.3 Å². The summed E-state index contributed by atoms with van der Waals surface area (Å²) in [7, 11) is 0. The molecule has 2 N–H and O–H groups in total. The van der Waals surface area contributed by atoms with Crippen LogP contribution < -0.4 is 5.73 Å². The molecule has 5 nitrogen and oxygen atoms in total. The summed E-state index contributed by atoms with van der Waals surface area (Å²) in [5, 5.41) is 6.31. The normalized spacial score (nSPS) is 16.5. The molecule has 0 aliphatic heterocycles. The van der Waals surface area contributed by atoms with E-state index in [9.17, 15) is 0 Å². The van der Waals surface area contributed by atoms with E-state index in [1.807, 2.05) is 5.38 Å². The Morgan fingerprint density at radius 1 is 1.40 bits per heavy atom. The van der Waals surface area contributed by atoms with Crippen molar-refractivity contribution in [3.63, 3.8) is 0 Å². The van der Waals surface area contributed by atoms with Crippen LogP contribution in [0.1, 0.15) is 31.0 Å². The first-order valence-electron chi connectivity index (χ1n) is 4.88. The van der Waals surface area contributed by atoms with Gasteiger partial charge >= 0.3 is 0 Å². The van der Waals surface area contributed by atoms with Crippen molar-refractivity contribution in [3.05, 3.63) is 11.2 Å². The summed E-state index contributed by atoms with van der Waals surface area (Å²) in [5.41, 5.74) is 6.21. The topological polar surface area (TPSA) is 77.8 Å². The Kier molecular flexibility index (Phi) is 1.95. The zero-order valence-corrected chi connectivity index (χ0v) is 8.83. The Labute approximate surface area is 90.3 Å². The highest BCUT2D eigenvalue weighted by atomic mass is 32.1. The molecule has 1 aliphatic rings. The van der Waals surface area contributed by atoms with Crippen LogP contribution in [0.3, 0.4) is 0 Å². The third-order valence-electron chi connectivity index (χ3n) is 2.65. The average Bonchev–Trinajstić information content (AvgIpc) is 2.70. The van der Waals surface area contributed by atoms with E-state index in [0.717, 1.165) is 18.7 Å². The molecule has 1 aliphatic carbocycles. The molecule has 0 atom stereocenters. The summed E-state index contributed by atoms with van der Waals surface area (Å²) < 4.78 is 5.15. The molecule has 0 spiro atoms. The molecule has 78 valence electrons. The lowest BCUT2D eigenvalue weighted by Crippen LogP contribution is -2.10. The van der Waals surface area contributed by atoms with Gasteiger partial charge in [0.25, 0.3) is 5.89 Å². The molecular formula is C9H10N4OS. The summed E-state index contributed by atoms with van der Waals surface area (Å²) >= 11 is 1.38. The van der Waals surface area contributed by atoms with Gasteiger partial charge in [-0.3, -0.25) is 0 Å². The van der Waals surface area contributed by atoms with E-state index in [0.29, 0.717) is 22.6 Å². The smallest absolute Gasteiger partial charge is 0.277 e. The number of nitrogen functional groups attached to an aromatic ring is 1. The maximum atomic E-state index is 5.54. The molecule has 0 bridgehead atoms. The van der Waals surface area contributed by atoms with E-state index in [1.165, 1.54) is 17.8 Å². The molecule has 1 saturated carbocycles. The van der Waals surface area contributed by atoms with Gasteiger partial charge in [-0.15, -0.1) is 11.3 Å². The molecule has 0 amide bonds. The van der Waals surface area contributed by atoms with Gasteiger partial charge in [0.2, 0.25) is 0 Å². The van der Waals surface area contributed by atoms with Crippen molar-refractivity contribution in [1.29, 1.82) is 0 Å². The molecule has 2 heterocycles. The summed E-state index contributed by atoms with van der Waals surface area (Å²) in [6.45, 7) is 0. The number of nitrogens with two attached hydrogens (primary N) is 1. The second-order valence-electron chi connectivity index (χ2n) is 3.66. The van der Waals surface area contributed by atoms with Crippen LogP contribution in [-0.4, -0.2) is 15.1 Å². The maximum absolute atomic E-state index is 5.54. The standard InChI is InChI=1S/C9H10N4OS/c10-9-11-6(4-15-9)8-12-7(13-14-8)5-2-1-3-5/h4-5H,1-3H2,(H2,10,11). The highest BCUT2D eigenvalue weighted by Gasteiger charge is 2.25. The number of rotatable bonds is 2. The number of anilines is 1. The summed E-state index contributed by atoms with van der Waals surface area (Å²) in [4.78, 5) is 8.42.